The number of hydrogen-bond acceptors (Lipinski definition) is 3. The normalized spacial score (nSPS) is 19.6. The topological polar surface area (TPSA) is 60.7 Å². The van der Waals surface area contributed by atoms with E-state index >= 15 is 0 Å². The van der Waals surface area contributed by atoms with Crippen molar-refractivity contribution in [3.8, 4) is 17.2 Å². The van der Waals surface area contributed by atoms with E-state index in [1.165, 1.54) is 11.6 Å². The maximum atomic E-state index is 10.7. The third-order valence-electron chi connectivity index (χ3n) is 5.56. The summed E-state index contributed by atoms with van der Waals surface area (Å²) >= 11 is 0. The SMILES string of the molecule is C=C(C)[C@@H]1CCC(C)=C[C@H]1c1c(O)cc(O)cc1CCc1ccc(O)cc1. The maximum absolute atomic E-state index is 10.7. The predicted octanol–water partition coefficient (Wildman–Crippen LogP) is 5.60. The van der Waals surface area contributed by atoms with Crippen LogP contribution in [0.1, 0.15) is 49.3 Å². The number of phenols is 3. The zero-order valence-corrected chi connectivity index (χ0v) is 16.1. The lowest BCUT2D eigenvalue weighted by atomic mass is 9.72. The minimum absolute atomic E-state index is 0.0756. The molecule has 0 saturated carbocycles. The number of benzene rings is 2. The first-order chi connectivity index (χ1) is 12.8. The fourth-order valence-corrected chi connectivity index (χ4v) is 4.12. The Kier molecular flexibility index (Phi) is 5.59. The van der Waals surface area contributed by atoms with Crippen molar-refractivity contribution in [2.75, 3.05) is 0 Å². The van der Waals surface area contributed by atoms with E-state index in [0.717, 1.165) is 41.5 Å². The molecule has 0 unspecified atom stereocenters. The molecule has 3 heteroatoms. The Morgan fingerprint density at radius 3 is 2.41 bits per heavy atom. The molecule has 2 atom stereocenters. The van der Waals surface area contributed by atoms with Crippen LogP contribution in [0.4, 0.5) is 0 Å². The van der Waals surface area contributed by atoms with Gasteiger partial charge in [0.25, 0.3) is 0 Å². The molecule has 0 aliphatic heterocycles. The van der Waals surface area contributed by atoms with Gasteiger partial charge in [-0.15, -0.1) is 0 Å². The summed E-state index contributed by atoms with van der Waals surface area (Å²) in [5.74, 6) is 0.850. The zero-order chi connectivity index (χ0) is 19.6. The molecule has 3 N–H and O–H groups in total. The zero-order valence-electron chi connectivity index (χ0n) is 16.1. The Morgan fingerprint density at radius 1 is 1.04 bits per heavy atom. The number of hydrogen-bond donors (Lipinski definition) is 3. The highest BCUT2D eigenvalue weighted by molar-refractivity contribution is 5.50. The Morgan fingerprint density at radius 2 is 1.74 bits per heavy atom. The highest BCUT2D eigenvalue weighted by Gasteiger charge is 2.29. The second-order valence-electron chi connectivity index (χ2n) is 7.73. The second-order valence-corrected chi connectivity index (χ2v) is 7.73. The van der Waals surface area contributed by atoms with Crippen LogP contribution in [-0.2, 0) is 12.8 Å². The van der Waals surface area contributed by atoms with Gasteiger partial charge in [0.1, 0.15) is 17.2 Å². The van der Waals surface area contributed by atoms with Gasteiger partial charge in [0.05, 0.1) is 0 Å². The van der Waals surface area contributed by atoms with E-state index in [-0.39, 0.29) is 29.1 Å². The number of rotatable bonds is 5. The molecule has 142 valence electrons. The number of aromatic hydroxyl groups is 3. The molecule has 0 aromatic heterocycles. The lowest BCUT2D eigenvalue weighted by Crippen LogP contribution is -2.18. The molecule has 2 aromatic carbocycles. The summed E-state index contributed by atoms with van der Waals surface area (Å²) in [7, 11) is 0. The molecule has 0 amide bonds. The molecular weight excluding hydrogens is 336 g/mol. The third kappa shape index (κ3) is 4.36. The first-order valence-electron chi connectivity index (χ1n) is 9.50. The highest BCUT2D eigenvalue weighted by atomic mass is 16.3. The van der Waals surface area contributed by atoms with Crippen LogP contribution >= 0.6 is 0 Å². The summed E-state index contributed by atoms with van der Waals surface area (Å²) in [6.07, 6.45) is 5.80. The number of phenolic OH excluding ortho intramolecular Hbond substituents is 3. The Balaban J connectivity index is 1.97. The average Bonchev–Trinajstić information content (AvgIpc) is 2.60. The highest BCUT2D eigenvalue weighted by Crippen LogP contribution is 2.45. The largest absolute Gasteiger partial charge is 0.508 e. The van der Waals surface area contributed by atoms with Gasteiger partial charge in [0.15, 0.2) is 0 Å². The van der Waals surface area contributed by atoms with Crippen LogP contribution in [0, 0.1) is 5.92 Å². The van der Waals surface area contributed by atoms with Crippen molar-refractivity contribution in [2.45, 2.75) is 45.4 Å². The molecule has 0 bridgehead atoms. The summed E-state index contributed by atoms with van der Waals surface area (Å²) < 4.78 is 0. The molecule has 27 heavy (non-hydrogen) atoms. The van der Waals surface area contributed by atoms with Crippen molar-refractivity contribution < 1.29 is 15.3 Å². The van der Waals surface area contributed by atoms with Gasteiger partial charge in [-0.05, 0) is 74.8 Å². The summed E-state index contributed by atoms with van der Waals surface area (Å²) in [6, 6.07) is 10.4. The van der Waals surface area contributed by atoms with Gasteiger partial charge in [-0.25, -0.2) is 0 Å². The average molecular weight is 364 g/mol. The van der Waals surface area contributed by atoms with Gasteiger partial charge >= 0.3 is 0 Å². The van der Waals surface area contributed by atoms with Gasteiger partial charge in [0.2, 0.25) is 0 Å². The monoisotopic (exact) mass is 364 g/mol. The van der Waals surface area contributed by atoms with Crippen molar-refractivity contribution in [3.63, 3.8) is 0 Å². The van der Waals surface area contributed by atoms with E-state index < -0.39 is 0 Å². The molecular formula is C24H28O3. The van der Waals surface area contributed by atoms with E-state index in [4.69, 9.17) is 0 Å². The van der Waals surface area contributed by atoms with Crippen LogP contribution in [0.2, 0.25) is 0 Å². The van der Waals surface area contributed by atoms with E-state index in [1.807, 2.05) is 12.1 Å². The number of allylic oxidation sites excluding steroid dienone is 3. The fraction of sp³-hybridized carbons (Fsp3) is 0.333. The second kappa shape index (κ2) is 7.91. The van der Waals surface area contributed by atoms with Crippen LogP contribution in [0.15, 0.2) is 60.2 Å². The van der Waals surface area contributed by atoms with Gasteiger partial charge in [0, 0.05) is 17.5 Å². The van der Waals surface area contributed by atoms with Crippen LogP contribution in [0.5, 0.6) is 17.2 Å². The van der Waals surface area contributed by atoms with Gasteiger partial charge in [-0.3, -0.25) is 0 Å². The van der Waals surface area contributed by atoms with Crippen molar-refractivity contribution in [1.82, 2.24) is 0 Å². The molecule has 3 rings (SSSR count). The van der Waals surface area contributed by atoms with Crippen molar-refractivity contribution in [1.29, 1.82) is 0 Å². The van der Waals surface area contributed by atoms with E-state index in [2.05, 4.69) is 26.5 Å². The van der Waals surface area contributed by atoms with Gasteiger partial charge < -0.3 is 15.3 Å². The fourth-order valence-electron chi connectivity index (χ4n) is 4.12. The maximum Gasteiger partial charge on any atom is 0.123 e. The van der Waals surface area contributed by atoms with Gasteiger partial charge in [-0.2, -0.15) is 0 Å². The minimum atomic E-state index is 0.0756. The quantitative estimate of drug-likeness (QED) is 0.605. The minimum Gasteiger partial charge on any atom is -0.508 e. The van der Waals surface area contributed by atoms with Crippen molar-refractivity contribution in [2.24, 2.45) is 5.92 Å². The Bertz CT molecular complexity index is 862. The van der Waals surface area contributed by atoms with E-state index in [9.17, 15) is 15.3 Å². The van der Waals surface area contributed by atoms with Crippen molar-refractivity contribution in [3.05, 3.63) is 76.9 Å². The third-order valence-corrected chi connectivity index (χ3v) is 5.56. The Labute approximate surface area is 161 Å². The molecule has 1 aliphatic rings. The first-order valence-corrected chi connectivity index (χ1v) is 9.50. The van der Waals surface area contributed by atoms with E-state index in [0.29, 0.717) is 6.42 Å². The molecule has 0 heterocycles. The summed E-state index contributed by atoms with van der Waals surface area (Å²) in [6.45, 7) is 8.36. The van der Waals surface area contributed by atoms with E-state index in [1.54, 1.807) is 18.2 Å². The molecule has 1 aliphatic carbocycles. The first kappa shape index (κ1) is 19.1. The lowest BCUT2D eigenvalue weighted by Gasteiger charge is -2.32. The lowest BCUT2D eigenvalue weighted by molar-refractivity contribution is 0.423. The summed E-state index contributed by atoms with van der Waals surface area (Å²) in [5.41, 5.74) is 5.42. The van der Waals surface area contributed by atoms with Crippen LogP contribution < -0.4 is 0 Å². The Hall–Kier alpha value is -2.68. The van der Waals surface area contributed by atoms with Crippen molar-refractivity contribution >= 4 is 0 Å². The summed E-state index contributed by atoms with van der Waals surface area (Å²) in [5, 5.41) is 30.2. The predicted molar refractivity (Wildman–Crippen MR) is 109 cm³/mol. The molecule has 0 saturated heterocycles. The molecule has 2 aromatic rings. The smallest absolute Gasteiger partial charge is 0.123 e. The summed E-state index contributed by atoms with van der Waals surface area (Å²) in [4.78, 5) is 0. The molecule has 3 nitrogen and oxygen atoms in total. The molecule has 0 spiro atoms. The standard InChI is InChI=1S/C24H28O3/c1-15(2)21-11-4-16(3)12-22(21)24-18(13-20(26)14-23(24)27)8-5-17-6-9-19(25)10-7-17/h6-7,9-10,12-14,21-22,25-27H,1,4-5,8,11H2,2-3H3/t21-,22+/m0/s1. The van der Waals surface area contributed by atoms with Crippen LogP contribution in [0.3, 0.4) is 0 Å². The van der Waals surface area contributed by atoms with Crippen LogP contribution in [0.25, 0.3) is 0 Å². The molecule has 0 radical (unpaired) electrons. The number of aryl methyl sites for hydroxylation is 2. The molecule has 0 fully saturated rings. The van der Waals surface area contributed by atoms with Gasteiger partial charge in [-0.1, -0.05) is 35.9 Å². The van der Waals surface area contributed by atoms with Crippen LogP contribution in [-0.4, -0.2) is 15.3 Å².